The first kappa shape index (κ1) is 17.6. The highest BCUT2D eigenvalue weighted by Gasteiger charge is 2.20. The molecule has 128 valence electrons. The van der Waals surface area contributed by atoms with E-state index in [0.29, 0.717) is 10.9 Å². The monoisotopic (exact) mass is 376 g/mol. The Bertz CT molecular complexity index is 881. The first-order valence-corrected chi connectivity index (χ1v) is 9.29. The Morgan fingerprint density at radius 2 is 1.88 bits per heavy atom. The number of para-hydroxylation sites is 1. The molecule has 0 unspecified atom stereocenters. The van der Waals surface area contributed by atoms with Crippen molar-refractivity contribution < 1.29 is 13.6 Å². The SMILES string of the molecule is CC(=O)N(c1nc(CSc2ccc(F)cc2)cs1)c1ccccc1F. The first-order valence-electron chi connectivity index (χ1n) is 7.42. The Labute approximate surface area is 152 Å². The number of carbonyl (C=O) groups is 1. The standard InChI is InChI=1S/C18H14F2N2OS2/c1-12(23)22(17-5-3-2-4-16(17)20)18-21-14(11-25-18)10-24-15-8-6-13(19)7-9-15/h2-9,11H,10H2,1H3. The summed E-state index contributed by atoms with van der Waals surface area (Å²) in [6.07, 6.45) is 0. The number of halogens is 2. The van der Waals surface area contributed by atoms with Crippen molar-refractivity contribution in [2.45, 2.75) is 17.6 Å². The Kier molecular flexibility index (Phi) is 5.45. The van der Waals surface area contributed by atoms with Crippen molar-refractivity contribution in [2.24, 2.45) is 0 Å². The molecular weight excluding hydrogens is 362 g/mol. The third-order valence-electron chi connectivity index (χ3n) is 3.34. The van der Waals surface area contributed by atoms with Gasteiger partial charge in [0.25, 0.3) is 0 Å². The van der Waals surface area contributed by atoms with Gasteiger partial charge in [0.15, 0.2) is 5.13 Å². The summed E-state index contributed by atoms with van der Waals surface area (Å²) in [6.45, 7) is 1.38. The van der Waals surface area contributed by atoms with Crippen LogP contribution in [0.15, 0.2) is 58.8 Å². The van der Waals surface area contributed by atoms with Crippen LogP contribution in [0.25, 0.3) is 0 Å². The number of anilines is 2. The zero-order valence-corrected chi connectivity index (χ0v) is 14.9. The number of thiazole rings is 1. The van der Waals surface area contributed by atoms with Crippen molar-refractivity contribution in [1.29, 1.82) is 0 Å². The normalized spacial score (nSPS) is 10.7. The van der Waals surface area contributed by atoms with E-state index in [1.165, 1.54) is 53.1 Å². The van der Waals surface area contributed by atoms with Crippen molar-refractivity contribution >= 4 is 39.8 Å². The summed E-state index contributed by atoms with van der Waals surface area (Å²) >= 11 is 2.80. The molecule has 0 radical (unpaired) electrons. The molecule has 25 heavy (non-hydrogen) atoms. The maximum absolute atomic E-state index is 14.0. The molecule has 0 fully saturated rings. The highest BCUT2D eigenvalue weighted by Crippen LogP contribution is 2.32. The molecule has 1 amide bonds. The predicted octanol–water partition coefficient (Wildman–Crippen LogP) is 5.40. The van der Waals surface area contributed by atoms with Gasteiger partial charge in [-0.2, -0.15) is 0 Å². The number of thioether (sulfide) groups is 1. The highest BCUT2D eigenvalue weighted by molar-refractivity contribution is 7.98. The Hall–Kier alpha value is -2.25. The summed E-state index contributed by atoms with van der Waals surface area (Å²) in [7, 11) is 0. The third kappa shape index (κ3) is 4.24. The lowest BCUT2D eigenvalue weighted by molar-refractivity contribution is -0.115. The zero-order valence-electron chi connectivity index (χ0n) is 13.3. The molecule has 0 aliphatic rings. The summed E-state index contributed by atoms with van der Waals surface area (Å²) in [5.41, 5.74) is 0.957. The summed E-state index contributed by atoms with van der Waals surface area (Å²) in [5, 5.41) is 2.26. The maximum Gasteiger partial charge on any atom is 0.230 e. The summed E-state index contributed by atoms with van der Waals surface area (Å²) in [6, 6.07) is 12.3. The van der Waals surface area contributed by atoms with Gasteiger partial charge in [-0.3, -0.25) is 9.69 Å². The number of nitrogens with zero attached hydrogens (tertiary/aromatic N) is 2. The van der Waals surface area contributed by atoms with Crippen LogP contribution < -0.4 is 4.90 Å². The van der Waals surface area contributed by atoms with Crippen molar-refractivity contribution in [3.63, 3.8) is 0 Å². The van der Waals surface area contributed by atoms with Gasteiger partial charge in [-0.25, -0.2) is 13.8 Å². The molecule has 3 nitrogen and oxygen atoms in total. The van der Waals surface area contributed by atoms with Gasteiger partial charge in [-0.05, 0) is 36.4 Å². The molecular formula is C18H14F2N2OS2. The average Bonchev–Trinajstić information content (AvgIpc) is 3.04. The molecule has 0 saturated carbocycles. The summed E-state index contributed by atoms with van der Waals surface area (Å²) in [5.74, 6) is -0.486. The number of aromatic nitrogens is 1. The summed E-state index contributed by atoms with van der Waals surface area (Å²) < 4.78 is 27.0. The molecule has 0 bridgehead atoms. The van der Waals surface area contributed by atoms with Crippen molar-refractivity contribution in [1.82, 2.24) is 4.98 Å². The van der Waals surface area contributed by atoms with Gasteiger partial charge in [0.05, 0.1) is 11.4 Å². The van der Waals surface area contributed by atoms with Crippen LogP contribution in [-0.4, -0.2) is 10.9 Å². The van der Waals surface area contributed by atoms with Gasteiger partial charge in [0.2, 0.25) is 5.91 Å². The number of benzene rings is 2. The Morgan fingerprint density at radius 1 is 1.16 bits per heavy atom. The van der Waals surface area contributed by atoms with Gasteiger partial charge >= 0.3 is 0 Å². The lowest BCUT2D eigenvalue weighted by Gasteiger charge is -2.18. The minimum Gasteiger partial charge on any atom is -0.274 e. The number of carbonyl (C=O) groups excluding carboxylic acids is 1. The minimum absolute atomic E-state index is 0.182. The van der Waals surface area contributed by atoms with Crippen LogP contribution in [-0.2, 0) is 10.5 Å². The van der Waals surface area contributed by atoms with Crippen molar-refractivity contribution in [3.8, 4) is 0 Å². The van der Waals surface area contributed by atoms with Gasteiger partial charge < -0.3 is 0 Å². The molecule has 0 aliphatic heterocycles. The van der Waals surface area contributed by atoms with Crippen LogP contribution in [0.5, 0.6) is 0 Å². The molecule has 1 aromatic heterocycles. The molecule has 3 aromatic rings. The molecule has 0 saturated heterocycles. The Balaban J connectivity index is 1.77. The fraction of sp³-hybridized carbons (Fsp3) is 0.111. The van der Waals surface area contributed by atoms with E-state index >= 15 is 0 Å². The van der Waals surface area contributed by atoms with Crippen molar-refractivity contribution in [3.05, 3.63) is 71.2 Å². The van der Waals surface area contributed by atoms with E-state index in [1.807, 2.05) is 5.38 Å². The van der Waals surface area contributed by atoms with E-state index in [9.17, 15) is 13.6 Å². The van der Waals surface area contributed by atoms with E-state index in [2.05, 4.69) is 4.98 Å². The largest absolute Gasteiger partial charge is 0.274 e. The van der Waals surface area contributed by atoms with Crippen molar-refractivity contribution in [2.75, 3.05) is 4.90 Å². The van der Waals surface area contributed by atoms with E-state index in [-0.39, 0.29) is 17.4 Å². The van der Waals surface area contributed by atoms with Crippen LogP contribution in [0, 0.1) is 11.6 Å². The van der Waals surface area contributed by atoms with Crippen LogP contribution in [0.3, 0.4) is 0 Å². The number of rotatable bonds is 5. The van der Waals surface area contributed by atoms with Crippen LogP contribution >= 0.6 is 23.1 Å². The quantitative estimate of drug-likeness (QED) is 0.559. The minimum atomic E-state index is -0.477. The van der Waals surface area contributed by atoms with Crippen LogP contribution in [0.2, 0.25) is 0 Å². The van der Waals surface area contributed by atoms with Crippen LogP contribution in [0.4, 0.5) is 19.6 Å². The molecule has 0 aliphatic carbocycles. The number of amides is 1. The lowest BCUT2D eigenvalue weighted by Crippen LogP contribution is -2.23. The number of hydrogen-bond donors (Lipinski definition) is 0. The molecule has 1 heterocycles. The fourth-order valence-corrected chi connectivity index (χ4v) is 3.97. The van der Waals surface area contributed by atoms with E-state index in [0.717, 1.165) is 10.6 Å². The topological polar surface area (TPSA) is 33.2 Å². The fourth-order valence-electron chi connectivity index (χ4n) is 2.19. The molecule has 0 N–H and O–H groups in total. The molecule has 3 rings (SSSR count). The lowest BCUT2D eigenvalue weighted by atomic mass is 10.3. The third-order valence-corrected chi connectivity index (χ3v) is 5.26. The smallest absolute Gasteiger partial charge is 0.230 e. The molecule has 2 aromatic carbocycles. The maximum atomic E-state index is 14.0. The van der Waals surface area contributed by atoms with Gasteiger partial charge in [0.1, 0.15) is 11.6 Å². The van der Waals surface area contributed by atoms with E-state index < -0.39 is 5.82 Å². The van der Waals surface area contributed by atoms with Gasteiger partial charge in [-0.1, -0.05) is 12.1 Å². The Morgan fingerprint density at radius 3 is 2.56 bits per heavy atom. The molecule has 0 atom stereocenters. The molecule has 7 heteroatoms. The number of hydrogen-bond acceptors (Lipinski definition) is 4. The van der Waals surface area contributed by atoms with Gasteiger partial charge in [-0.15, -0.1) is 23.1 Å². The summed E-state index contributed by atoms with van der Waals surface area (Å²) in [4.78, 5) is 18.6. The van der Waals surface area contributed by atoms with Crippen LogP contribution in [0.1, 0.15) is 12.6 Å². The highest BCUT2D eigenvalue weighted by atomic mass is 32.2. The molecule has 0 spiro atoms. The zero-order chi connectivity index (χ0) is 17.8. The van der Waals surface area contributed by atoms with E-state index in [4.69, 9.17) is 0 Å². The van der Waals surface area contributed by atoms with Gasteiger partial charge in [0, 0.05) is 23.0 Å². The second kappa shape index (κ2) is 7.76. The second-order valence-corrected chi connectivity index (χ2v) is 7.06. The predicted molar refractivity (Wildman–Crippen MR) is 97.3 cm³/mol. The van der Waals surface area contributed by atoms with E-state index in [1.54, 1.807) is 30.3 Å². The first-order chi connectivity index (χ1) is 12.0. The second-order valence-electron chi connectivity index (χ2n) is 5.17. The average molecular weight is 376 g/mol.